The molecular formula is C26H30N4O4. The van der Waals surface area contributed by atoms with Crippen molar-refractivity contribution in [1.82, 2.24) is 20.4 Å². The van der Waals surface area contributed by atoms with Crippen LogP contribution in [0.1, 0.15) is 35.6 Å². The second-order valence-corrected chi connectivity index (χ2v) is 9.40. The predicted molar refractivity (Wildman–Crippen MR) is 126 cm³/mol. The lowest BCUT2D eigenvalue weighted by Gasteiger charge is -2.31. The zero-order valence-electron chi connectivity index (χ0n) is 19.4. The molecule has 2 unspecified atom stereocenters. The van der Waals surface area contributed by atoms with Crippen LogP contribution in [-0.4, -0.2) is 60.0 Å². The van der Waals surface area contributed by atoms with Gasteiger partial charge in [0.05, 0.1) is 12.7 Å². The molecule has 3 aliphatic rings. The number of carbonyl (C=O) groups is 3. The smallest absolute Gasteiger partial charge is 0.325 e. The molecule has 2 N–H and O–H groups in total. The Bertz CT molecular complexity index is 1120. The fourth-order valence-corrected chi connectivity index (χ4v) is 5.26. The van der Waals surface area contributed by atoms with E-state index in [1.54, 1.807) is 0 Å². The third-order valence-electron chi connectivity index (χ3n) is 6.94. The van der Waals surface area contributed by atoms with Crippen LogP contribution in [0.5, 0.6) is 0 Å². The summed E-state index contributed by atoms with van der Waals surface area (Å²) in [7, 11) is 0. The Kier molecular flexibility index (Phi) is 6.10. The van der Waals surface area contributed by atoms with E-state index in [4.69, 9.17) is 4.74 Å². The van der Waals surface area contributed by atoms with Crippen LogP contribution in [0.25, 0.3) is 0 Å². The zero-order chi connectivity index (χ0) is 23.7. The summed E-state index contributed by atoms with van der Waals surface area (Å²) in [5.41, 5.74) is 3.01. The maximum absolute atomic E-state index is 13.2. The number of amides is 4. The Morgan fingerprint density at radius 1 is 1.18 bits per heavy atom. The van der Waals surface area contributed by atoms with Gasteiger partial charge in [-0.3, -0.25) is 19.4 Å². The van der Waals surface area contributed by atoms with Crippen molar-refractivity contribution >= 4 is 17.8 Å². The van der Waals surface area contributed by atoms with E-state index >= 15 is 0 Å². The van der Waals surface area contributed by atoms with Gasteiger partial charge in [0.15, 0.2) is 0 Å². The van der Waals surface area contributed by atoms with Crippen molar-refractivity contribution in [2.75, 3.05) is 26.2 Å². The van der Waals surface area contributed by atoms with Crippen molar-refractivity contribution in [3.05, 3.63) is 70.8 Å². The monoisotopic (exact) mass is 462 g/mol. The summed E-state index contributed by atoms with van der Waals surface area (Å²) in [6, 6.07) is 15.3. The highest BCUT2D eigenvalue weighted by Crippen LogP contribution is 2.41. The number of nitrogens with one attached hydrogen (secondary N) is 2. The van der Waals surface area contributed by atoms with Crippen LogP contribution < -0.4 is 10.6 Å². The summed E-state index contributed by atoms with van der Waals surface area (Å²) in [5, 5.41) is 5.71. The molecule has 2 atom stereocenters. The number of fused-ring (bicyclic) bond motifs is 2. The molecule has 2 aromatic rings. The van der Waals surface area contributed by atoms with Gasteiger partial charge in [-0.15, -0.1) is 0 Å². The summed E-state index contributed by atoms with van der Waals surface area (Å²) in [4.78, 5) is 41.9. The summed E-state index contributed by atoms with van der Waals surface area (Å²) < 4.78 is 5.61. The quantitative estimate of drug-likeness (QED) is 0.640. The van der Waals surface area contributed by atoms with E-state index in [2.05, 4.69) is 34.6 Å². The molecule has 0 radical (unpaired) electrons. The van der Waals surface area contributed by atoms with Gasteiger partial charge in [0.1, 0.15) is 12.1 Å². The van der Waals surface area contributed by atoms with Crippen molar-refractivity contribution < 1.29 is 19.1 Å². The van der Waals surface area contributed by atoms with Gasteiger partial charge in [-0.1, -0.05) is 48.5 Å². The van der Waals surface area contributed by atoms with Crippen LogP contribution >= 0.6 is 0 Å². The highest BCUT2D eigenvalue weighted by molar-refractivity contribution is 6.09. The van der Waals surface area contributed by atoms with E-state index < -0.39 is 11.6 Å². The normalized spacial score (nSPS) is 24.4. The van der Waals surface area contributed by atoms with Gasteiger partial charge in [0, 0.05) is 26.2 Å². The van der Waals surface area contributed by atoms with E-state index in [9.17, 15) is 14.4 Å². The molecular weight excluding hydrogens is 432 g/mol. The molecule has 0 aromatic heterocycles. The molecule has 1 spiro atoms. The number of benzene rings is 2. The number of rotatable bonds is 6. The van der Waals surface area contributed by atoms with Crippen LogP contribution in [0, 0.1) is 0 Å². The van der Waals surface area contributed by atoms with E-state index in [0.29, 0.717) is 13.0 Å². The van der Waals surface area contributed by atoms with Gasteiger partial charge in [0.2, 0.25) is 5.91 Å². The number of ether oxygens (including phenoxy) is 1. The first kappa shape index (κ1) is 22.6. The number of urea groups is 1. The number of aryl methyl sites for hydroxylation is 1. The predicted octanol–water partition coefficient (Wildman–Crippen LogP) is 1.92. The minimum atomic E-state index is -1.04. The van der Waals surface area contributed by atoms with Gasteiger partial charge in [-0.05, 0) is 42.0 Å². The number of hydrogen-bond donors (Lipinski definition) is 2. The van der Waals surface area contributed by atoms with Crippen molar-refractivity contribution in [2.45, 2.75) is 44.5 Å². The van der Waals surface area contributed by atoms with Crippen molar-refractivity contribution in [3.63, 3.8) is 0 Å². The largest absolute Gasteiger partial charge is 0.376 e. The molecule has 2 aliphatic heterocycles. The Morgan fingerprint density at radius 2 is 2.00 bits per heavy atom. The summed E-state index contributed by atoms with van der Waals surface area (Å²) in [5.74, 6) is -0.710. The molecule has 1 aliphatic carbocycles. The lowest BCUT2D eigenvalue weighted by Crippen LogP contribution is -2.43. The maximum atomic E-state index is 13.2. The Morgan fingerprint density at radius 3 is 2.85 bits per heavy atom. The average Bonchev–Trinajstić information content (AvgIpc) is 3.31. The summed E-state index contributed by atoms with van der Waals surface area (Å²) in [6.45, 7) is 5.51. The molecule has 0 saturated carbocycles. The molecule has 2 fully saturated rings. The minimum Gasteiger partial charge on any atom is -0.376 e. The lowest BCUT2D eigenvalue weighted by atomic mass is 9.92. The molecule has 178 valence electrons. The number of hydrogen-bond acceptors (Lipinski definition) is 5. The Labute approximate surface area is 199 Å². The van der Waals surface area contributed by atoms with Crippen molar-refractivity contribution in [1.29, 1.82) is 0 Å². The second kappa shape index (κ2) is 9.19. The second-order valence-electron chi connectivity index (χ2n) is 9.40. The van der Waals surface area contributed by atoms with Crippen LogP contribution in [0.3, 0.4) is 0 Å². The third kappa shape index (κ3) is 4.31. The van der Waals surface area contributed by atoms with E-state index in [0.717, 1.165) is 54.3 Å². The summed E-state index contributed by atoms with van der Waals surface area (Å²) >= 11 is 0. The molecule has 2 aromatic carbocycles. The fraction of sp³-hybridized carbons (Fsp3) is 0.423. The number of morpholine rings is 1. The van der Waals surface area contributed by atoms with Crippen LogP contribution in [0.15, 0.2) is 48.5 Å². The Hall–Kier alpha value is -3.23. The maximum Gasteiger partial charge on any atom is 0.325 e. The SMILES string of the molecule is CC1CN(Cc2cccc(CNC(=O)CN3C(=O)NC4(CCc5ccccc54)C3=O)c2)CCO1. The van der Waals surface area contributed by atoms with E-state index in [-0.39, 0.29) is 24.5 Å². The lowest BCUT2D eigenvalue weighted by molar-refractivity contribution is -0.135. The molecule has 8 heteroatoms. The highest BCUT2D eigenvalue weighted by atomic mass is 16.5. The Balaban J connectivity index is 1.18. The third-order valence-corrected chi connectivity index (χ3v) is 6.94. The average molecular weight is 463 g/mol. The topological polar surface area (TPSA) is 91.0 Å². The molecule has 8 nitrogen and oxygen atoms in total. The molecule has 0 bridgehead atoms. The first-order valence-electron chi connectivity index (χ1n) is 11.9. The van der Waals surface area contributed by atoms with Gasteiger partial charge in [0.25, 0.3) is 5.91 Å². The van der Waals surface area contributed by atoms with Gasteiger partial charge in [-0.25, -0.2) is 4.79 Å². The fourth-order valence-electron chi connectivity index (χ4n) is 5.26. The molecule has 2 heterocycles. The van der Waals surface area contributed by atoms with E-state index in [1.807, 2.05) is 36.4 Å². The number of imide groups is 1. The van der Waals surface area contributed by atoms with Gasteiger partial charge in [-0.2, -0.15) is 0 Å². The zero-order valence-corrected chi connectivity index (χ0v) is 19.4. The minimum absolute atomic E-state index is 0.235. The first-order valence-corrected chi connectivity index (χ1v) is 11.9. The molecule has 4 amide bonds. The molecule has 34 heavy (non-hydrogen) atoms. The number of nitrogens with zero attached hydrogens (tertiary/aromatic N) is 2. The van der Waals surface area contributed by atoms with Crippen LogP contribution in [-0.2, 0) is 39.4 Å². The molecule has 2 saturated heterocycles. The van der Waals surface area contributed by atoms with Crippen LogP contribution in [0.4, 0.5) is 4.79 Å². The molecule has 5 rings (SSSR count). The van der Waals surface area contributed by atoms with Crippen molar-refractivity contribution in [2.24, 2.45) is 0 Å². The van der Waals surface area contributed by atoms with Crippen molar-refractivity contribution in [3.8, 4) is 0 Å². The van der Waals surface area contributed by atoms with E-state index in [1.165, 1.54) is 5.56 Å². The standard InChI is InChI=1S/C26H30N4O4/c1-18-15-29(11-12-34-18)16-20-6-4-5-19(13-20)14-27-23(31)17-30-24(32)26(28-25(30)33)10-9-21-7-2-3-8-22(21)26/h2-8,13,18H,9-12,14-17H2,1H3,(H,27,31)(H,28,33). The number of carbonyl (C=O) groups excluding carboxylic acids is 3. The first-order chi connectivity index (χ1) is 16.4. The highest BCUT2D eigenvalue weighted by Gasteiger charge is 2.55. The van der Waals surface area contributed by atoms with Gasteiger partial charge >= 0.3 is 6.03 Å². The summed E-state index contributed by atoms with van der Waals surface area (Å²) in [6.07, 6.45) is 1.48. The van der Waals surface area contributed by atoms with Crippen LogP contribution in [0.2, 0.25) is 0 Å². The van der Waals surface area contributed by atoms with Gasteiger partial charge < -0.3 is 15.4 Å².